The second-order valence-electron chi connectivity index (χ2n) is 4.69. The topological polar surface area (TPSA) is 54.7 Å². The highest BCUT2D eigenvalue weighted by molar-refractivity contribution is 5.85. The quantitative estimate of drug-likeness (QED) is 0.779. The number of aromatic amines is 1. The van der Waals surface area contributed by atoms with Gasteiger partial charge in [0.05, 0.1) is 11.9 Å². The summed E-state index contributed by atoms with van der Waals surface area (Å²) in [4.78, 5) is 7.05. The summed E-state index contributed by atoms with van der Waals surface area (Å²) in [6, 6.07) is 8.64. The number of halogens is 1. The monoisotopic (exact) mass is 279 g/mol. The lowest BCUT2D eigenvalue weighted by Crippen LogP contribution is -1.87. The Bertz CT molecular complexity index is 476. The number of nitrogens with one attached hydrogen (secondary N) is 1. The van der Waals surface area contributed by atoms with Gasteiger partial charge in [0, 0.05) is 0 Å². The molecule has 1 aromatic carbocycles. The zero-order valence-corrected chi connectivity index (χ0v) is 12.2. The Morgan fingerprint density at radius 3 is 2.42 bits per heavy atom. The molecule has 1 heterocycles. The number of imidazole rings is 1. The maximum absolute atomic E-state index is 5.57. The van der Waals surface area contributed by atoms with Gasteiger partial charge >= 0.3 is 0 Å². The van der Waals surface area contributed by atoms with Gasteiger partial charge in [-0.3, -0.25) is 0 Å². The molecule has 0 saturated carbocycles. The van der Waals surface area contributed by atoms with Gasteiger partial charge in [0.2, 0.25) is 0 Å². The van der Waals surface area contributed by atoms with E-state index in [1.165, 1.54) is 37.7 Å². The summed E-state index contributed by atoms with van der Waals surface area (Å²) in [6.07, 6.45) is 8.18. The highest BCUT2D eigenvalue weighted by Crippen LogP contribution is 2.19. The lowest BCUT2D eigenvalue weighted by atomic mass is 10.0. The molecule has 0 aliphatic rings. The smallest absolute Gasteiger partial charge is 0.197 e. The van der Waals surface area contributed by atoms with Crippen molar-refractivity contribution in [3.63, 3.8) is 0 Å². The predicted octanol–water partition coefficient (Wildman–Crippen LogP) is 4.20. The summed E-state index contributed by atoms with van der Waals surface area (Å²) in [5, 5.41) is 0. The average molecular weight is 280 g/mol. The van der Waals surface area contributed by atoms with E-state index >= 15 is 0 Å². The van der Waals surface area contributed by atoms with E-state index in [1.807, 2.05) is 0 Å². The van der Waals surface area contributed by atoms with Crippen molar-refractivity contribution in [2.45, 2.75) is 39.0 Å². The lowest BCUT2D eigenvalue weighted by molar-refractivity contribution is 0.667. The van der Waals surface area contributed by atoms with Crippen LogP contribution in [0.4, 0.5) is 5.95 Å². The SMILES string of the molecule is CCCCCCc1ccc(-c2cnc(N)[nH]2)cc1.Cl. The van der Waals surface area contributed by atoms with Crippen LogP contribution in [-0.4, -0.2) is 9.97 Å². The fourth-order valence-corrected chi connectivity index (χ4v) is 2.09. The van der Waals surface area contributed by atoms with Gasteiger partial charge in [0.1, 0.15) is 0 Å². The van der Waals surface area contributed by atoms with Gasteiger partial charge in [-0.15, -0.1) is 12.4 Å². The number of nitrogens with two attached hydrogens (primary N) is 1. The third kappa shape index (κ3) is 4.60. The summed E-state index contributed by atoms with van der Waals surface area (Å²) >= 11 is 0. The third-order valence-electron chi connectivity index (χ3n) is 3.18. The molecule has 0 aliphatic carbocycles. The first kappa shape index (κ1) is 15.6. The second kappa shape index (κ2) is 7.85. The van der Waals surface area contributed by atoms with E-state index in [0.717, 1.165) is 11.3 Å². The van der Waals surface area contributed by atoms with Crippen LogP contribution in [0.1, 0.15) is 38.2 Å². The maximum atomic E-state index is 5.57. The Hall–Kier alpha value is -1.48. The molecule has 0 unspecified atom stereocenters. The van der Waals surface area contributed by atoms with Gasteiger partial charge < -0.3 is 10.7 Å². The molecule has 2 rings (SSSR count). The second-order valence-corrected chi connectivity index (χ2v) is 4.69. The van der Waals surface area contributed by atoms with Gasteiger partial charge in [0.25, 0.3) is 0 Å². The molecule has 0 fully saturated rings. The standard InChI is InChI=1S/C15H21N3.ClH/c1-2-3-4-5-6-12-7-9-13(10-8-12)14-11-17-15(16)18-14;/h7-11H,2-6H2,1H3,(H3,16,17,18);1H. The number of hydrogen-bond donors (Lipinski definition) is 2. The van der Waals surface area contributed by atoms with Gasteiger partial charge in [-0.25, -0.2) is 4.98 Å². The Morgan fingerprint density at radius 2 is 1.84 bits per heavy atom. The molecule has 1 aromatic heterocycles. The van der Waals surface area contributed by atoms with Crippen LogP contribution in [0.2, 0.25) is 0 Å². The largest absolute Gasteiger partial charge is 0.369 e. The number of aromatic nitrogens is 2. The van der Waals surface area contributed by atoms with Crippen molar-refractivity contribution in [2.24, 2.45) is 0 Å². The zero-order chi connectivity index (χ0) is 12.8. The highest BCUT2D eigenvalue weighted by Gasteiger charge is 2.01. The number of benzene rings is 1. The number of rotatable bonds is 6. The lowest BCUT2D eigenvalue weighted by Gasteiger charge is -2.03. The van der Waals surface area contributed by atoms with Gasteiger partial charge in [-0.05, 0) is 24.0 Å². The minimum Gasteiger partial charge on any atom is -0.369 e. The molecular formula is C15H22ClN3. The summed E-state index contributed by atoms with van der Waals surface area (Å²) in [5.41, 5.74) is 9.09. The number of nitrogens with zero attached hydrogens (tertiary/aromatic N) is 1. The average Bonchev–Trinajstić information content (AvgIpc) is 2.82. The minimum absolute atomic E-state index is 0. The molecule has 0 spiro atoms. The molecule has 19 heavy (non-hydrogen) atoms. The number of unbranched alkanes of at least 4 members (excludes halogenated alkanes) is 3. The van der Waals surface area contributed by atoms with Crippen LogP contribution in [0, 0.1) is 0 Å². The van der Waals surface area contributed by atoms with E-state index in [4.69, 9.17) is 5.73 Å². The predicted molar refractivity (Wildman–Crippen MR) is 83.5 cm³/mol. The van der Waals surface area contributed by atoms with Crippen molar-refractivity contribution in [2.75, 3.05) is 5.73 Å². The molecule has 0 radical (unpaired) electrons. The zero-order valence-electron chi connectivity index (χ0n) is 11.4. The molecular weight excluding hydrogens is 258 g/mol. The first-order valence-corrected chi connectivity index (χ1v) is 6.69. The van der Waals surface area contributed by atoms with Crippen LogP contribution in [0.3, 0.4) is 0 Å². The molecule has 2 aromatic rings. The van der Waals surface area contributed by atoms with E-state index < -0.39 is 0 Å². The number of hydrogen-bond acceptors (Lipinski definition) is 2. The number of nitrogen functional groups attached to an aromatic ring is 1. The van der Waals surface area contributed by atoms with E-state index in [1.54, 1.807) is 6.20 Å². The van der Waals surface area contributed by atoms with Gasteiger partial charge in [-0.2, -0.15) is 0 Å². The molecule has 4 heteroatoms. The fourth-order valence-electron chi connectivity index (χ4n) is 2.09. The Balaban J connectivity index is 0.00000180. The molecule has 0 atom stereocenters. The number of H-pyrrole nitrogens is 1. The van der Waals surface area contributed by atoms with Crippen molar-refractivity contribution < 1.29 is 0 Å². The van der Waals surface area contributed by atoms with Crippen molar-refractivity contribution >= 4 is 18.4 Å². The summed E-state index contributed by atoms with van der Waals surface area (Å²) in [7, 11) is 0. The molecule has 0 aliphatic heterocycles. The van der Waals surface area contributed by atoms with Crippen LogP contribution < -0.4 is 5.73 Å². The normalized spacial score (nSPS) is 10.2. The van der Waals surface area contributed by atoms with Crippen LogP contribution in [0.5, 0.6) is 0 Å². The highest BCUT2D eigenvalue weighted by atomic mass is 35.5. The van der Waals surface area contributed by atoms with E-state index in [-0.39, 0.29) is 12.4 Å². The van der Waals surface area contributed by atoms with E-state index in [2.05, 4.69) is 41.2 Å². The maximum Gasteiger partial charge on any atom is 0.197 e. The van der Waals surface area contributed by atoms with E-state index in [9.17, 15) is 0 Å². The first-order valence-electron chi connectivity index (χ1n) is 6.69. The first-order chi connectivity index (χ1) is 8.79. The number of aryl methyl sites for hydroxylation is 1. The van der Waals surface area contributed by atoms with E-state index in [0.29, 0.717) is 5.95 Å². The summed E-state index contributed by atoms with van der Waals surface area (Å²) in [5.74, 6) is 0.466. The number of anilines is 1. The van der Waals surface area contributed by atoms with Crippen LogP contribution >= 0.6 is 12.4 Å². The fraction of sp³-hybridized carbons (Fsp3) is 0.400. The molecule has 104 valence electrons. The Labute approximate surface area is 121 Å². The van der Waals surface area contributed by atoms with Crippen LogP contribution in [0.15, 0.2) is 30.5 Å². The van der Waals surface area contributed by atoms with Crippen LogP contribution in [0.25, 0.3) is 11.3 Å². The molecule has 3 nitrogen and oxygen atoms in total. The van der Waals surface area contributed by atoms with Gasteiger partial charge in [0.15, 0.2) is 5.95 Å². The molecule has 0 bridgehead atoms. The van der Waals surface area contributed by atoms with Crippen molar-refractivity contribution in [3.05, 3.63) is 36.0 Å². The molecule has 3 N–H and O–H groups in total. The van der Waals surface area contributed by atoms with Crippen LogP contribution in [-0.2, 0) is 6.42 Å². The summed E-state index contributed by atoms with van der Waals surface area (Å²) in [6.45, 7) is 2.24. The van der Waals surface area contributed by atoms with Gasteiger partial charge in [-0.1, -0.05) is 50.5 Å². The van der Waals surface area contributed by atoms with Crippen molar-refractivity contribution in [1.82, 2.24) is 9.97 Å². The third-order valence-corrected chi connectivity index (χ3v) is 3.18. The van der Waals surface area contributed by atoms with Crippen molar-refractivity contribution in [1.29, 1.82) is 0 Å². The summed E-state index contributed by atoms with van der Waals surface area (Å²) < 4.78 is 0. The minimum atomic E-state index is 0. The molecule has 0 saturated heterocycles. The Kier molecular flexibility index (Phi) is 6.43. The Morgan fingerprint density at radius 1 is 1.11 bits per heavy atom. The van der Waals surface area contributed by atoms with Crippen molar-refractivity contribution in [3.8, 4) is 11.3 Å². The molecule has 0 amide bonds.